The number of rotatable bonds is 4. The van der Waals surface area contributed by atoms with Gasteiger partial charge in [0.25, 0.3) is 0 Å². The van der Waals surface area contributed by atoms with Gasteiger partial charge in [-0.3, -0.25) is 4.79 Å². The first-order valence-electron chi connectivity index (χ1n) is 5.33. The molecule has 94 valence electrons. The summed E-state index contributed by atoms with van der Waals surface area (Å²) in [6.45, 7) is 3.41. The Kier molecular flexibility index (Phi) is 5.08. The van der Waals surface area contributed by atoms with Crippen LogP contribution in [0.1, 0.15) is 25.3 Å². The average Bonchev–Trinajstić information content (AvgIpc) is 2.23. The first-order chi connectivity index (χ1) is 7.90. The second-order valence-corrected chi connectivity index (χ2v) is 4.87. The van der Waals surface area contributed by atoms with Gasteiger partial charge in [0.05, 0.1) is 10.6 Å². The summed E-state index contributed by atoms with van der Waals surface area (Å²) in [5, 5.41) is 11.7. The van der Waals surface area contributed by atoms with E-state index in [2.05, 4.69) is 21.2 Å². The summed E-state index contributed by atoms with van der Waals surface area (Å²) >= 11 is 3.08. The lowest BCUT2D eigenvalue weighted by molar-refractivity contribution is -0.116. The van der Waals surface area contributed by atoms with Crippen LogP contribution in [0.2, 0.25) is 0 Å². The van der Waals surface area contributed by atoms with Crippen molar-refractivity contribution >= 4 is 27.5 Å². The number of halogens is 2. The standard InChI is InChI=1S/C12H15BrFNO2/c1-7-5-9(13)10(14)6-11(7)15-12(17)4-3-8(2)16/h5-6,8,16H,3-4H2,1-2H3,(H,15,17). The number of aliphatic hydroxyl groups is 1. The summed E-state index contributed by atoms with van der Waals surface area (Å²) in [6.07, 6.45) is 0.0992. The fourth-order valence-electron chi connectivity index (χ4n) is 1.33. The molecule has 0 aliphatic carbocycles. The van der Waals surface area contributed by atoms with E-state index in [4.69, 9.17) is 5.11 Å². The van der Waals surface area contributed by atoms with Gasteiger partial charge in [0, 0.05) is 12.1 Å². The smallest absolute Gasteiger partial charge is 0.224 e. The van der Waals surface area contributed by atoms with Crippen LogP contribution in [-0.4, -0.2) is 17.1 Å². The van der Waals surface area contributed by atoms with Gasteiger partial charge in [0.2, 0.25) is 5.91 Å². The zero-order valence-electron chi connectivity index (χ0n) is 9.76. The molecule has 0 heterocycles. The van der Waals surface area contributed by atoms with Gasteiger partial charge in [-0.25, -0.2) is 4.39 Å². The number of carbonyl (C=O) groups is 1. The SMILES string of the molecule is Cc1cc(Br)c(F)cc1NC(=O)CCC(C)O. The Hall–Kier alpha value is -0.940. The highest BCUT2D eigenvalue weighted by Gasteiger charge is 2.09. The molecule has 0 aliphatic heterocycles. The first kappa shape index (κ1) is 14.1. The lowest BCUT2D eigenvalue weighted by Gasteiger charge is -2.10. The van der Waals surface area contributed by atoms with Crippen molar-refractivity contribution in [2.24, 2.45) is 0 Å². The Morgan fingerprint density at radius 3 is 2.82 bits per heavy atom. The Morgan fingerprint density at radius 1 is 1.59 bits per heavy atom. The van der Waals surface area contributed by atoms with Crippen molar-refractivity contribution in [3.8, 4) is 0 Å². The van der Waals surface area contributed by atoms with Gasteiger partial charge in [-0.05, 0) is 53.9 Å². The maximum Gasteiger partial charge on any atom is 0.224 e. The van der Waals surface area contributed by atoms with Gasteiger partial charge in [-0.15, -0.1) is 0 Å². The summed E-state index contributed by atoms with van der Waals surface area (Å²) < 4.78 is 13.7. The summed E-state index contributed by atoms with van der Waals surface area (Å²) in [7, 11) is 0. The molecule has 1 unspecified atom stereocenters. The summed E-state index contributed by atoms with van der Waals surface area (Å²) in [5.41, 5.74) is 1.24. The van der Waals surface area contributed by atoms with Crippen molar-refractivity contribution in [2.75, 3.05) is 5.32 Å². The van der Waals surface area contributed by atoms with E-state index in [0.717, 1.165) is 5.56 Å². The molecule has 0 spiro atoms. The fourth-order valence-corrected chi connectivity index (χ4v) is 1.79. The summed E-state index contributed by atoms with van der Waals surface area (Å²) in [6, 6.07) is 2.89. The van der Waals surface area contributed by atoms with Crippen molar-refractivity contribution in [1.82, 2.24) is 0 Å². The van der Waals surface area contributed by atoms with E-state index in [1.807, 2.05) is 0 Å². The van der Waals surface area contributed by atoms with Crippen molar-refractivity contribution in [1.29, 1.82) is 0 Å². The van der Waals surface area contributed by atoms with Crippen LogP contribution in [0.4, 0.5) is 10.1 Å². The van der Waals surface area contributed by atoms with E-state index in [1.165, 1.54) is 6.07 Å². The van der Waals surface area contributed by atoms with E-state index in [-0.39, 0.29) is 12.3 Å². The predicted molar refractivity (Wildman–Crippen MR) is 68.4 cm³/mol. The molecule has 2 N–H and O–H groups in total. The minimum absolute atomic E-state index is 0.217. The van der Waals surface area contributed by atoms with Crippen LogP contribution in [-0.2, 0) is 4.79 Å². The first-order valence-corrected chi connectivity index (χ1v) is 6.13. The maximum atomic E-state index is 13.3. The van der Waals surface area contributed by atoms with Gasteiger partial charge in [0.1, 0.15) is 5.82 Å². The molecule has 0 fully saturated rings. The molecule has 17 heavy (non-hydrogen) atoms. The molecule has 1 aromatic carbocycles. The predicted octanol–water partition coefficient (Wildman–Crippen LogP) is 3.00. The third kappa shape index (κ3) is 4.44. The van der Waals surface area contributed by atoms with Crippen LogP contribution < -0.4 is 5.32 Å². The topological polar surface area (TPSA) is 49.3 Å². The zero-order chi connectivity index (χ0) is 13.0. The maximum absolute atomic E-state index is 13.3. The monoisotopic (exact) mass is 303 g/mol. The van der Waals surface area contributed by atoms with Crippen molar-refractivity contribution < 1.29 is 14.3 Å². The number of anilines is 1. The van der Waals surface area contributed by atoms with E-state index in [1.54, 1.807) is 19.9 Å². The summed E-state index contributed by atoms with van der Waals surface area (Å²) in [5.74, 6) is -0.642. The van der Waals surface area contributed by atoms with Gasteiger partial charge in [-0.1, -0.05) is 0 Å². The van der Waals surface area contributed by atoms with Gasteiger partial charge >= 0.3 is 0 Å². The van der Waals surface area contributed by atoms with Crippen LogP contribution in [0.25, 0.3) is 0 Å². The van der Waals surface area contributed by atoms with Crippen LogP contribution in [0.15, 0.2) is 16.6 Å². The molecular weight excluding hydrogens is 289 g/mol. The molecule has 0 bridgehead atoms. The largest absolute Gasteiger partial charge is 0.393 e. The third-order valence-corrected chi connectivity index (χ3v) is 2.94. The number of aliphatic hydroxyl groups excluding tert-OH is 1. The number of nitrogens with one attached hydrogen (secondary N) is 1. The van der Waals surface area contributed by atoms with Crippen LogP contribution >= 0.6 is 15.9 Å². The van der Waals surface area contributed by atoms with Crippen molar-refractivity contribution in [3.63, 3.8) is 0 Å². The highest BCUT2D eigenvalue weighted by molar-refractivity contribution is 9.10. The Labute approximate surface area is 108 Å². The minimum atomic E-state index is -0.511. The molecule has 1 rings (SSSR count). The molecule has 0 radical (unpaired) electrons. The molecule has 0 aromatic heterocycles. The number of hydrogen-bond acceptors (Lipinski definition) is 2. The molecule has 0 saturated heterocycles. The molecule has 0 saturated carbocycles. The highest BCUT2D eigenvalue weighted by Crippen LogP contribution is 2.24. The number of aryl methyl sites for hydroxylation is 1. The lowest BCUT2D eigenvalue weighted by atomic mass is 10.1. The molecule has 1 amide bonds. The summed E-state index contributed by atoms with van der Waals surface area (Å²) in [4.78, 5) is 11.5. The second kappa shape index (κ2) is 6.12. The zero-order valence-corrected chi connectivity index (χ0v) is 11.3. The van der Waals surface area contributed by atoms with E-state index < -0.39 is 11.9 Å². The molecular formula is C12H15BrFNO2. The number of hydrogen-bond donors (Lipinski definition) is 2. The van der Waals surface area contributed by atoms with Gasteiger partial charge in [0.15, 0.2) is 0 Å². The normalized spacial score (nSPS) is 12.3. The molecule has 1 aromatic rings. The average molecular weight is 304 g/mol. The van der Waals surface area contributed by atoms with Crippen molar-refractivity contribution in [2.45, 2.75) is 32.8 Å². The number of amides is 1. The van der Waals surface area contributed by atoms with Crippen LogP contribution in [0, 0.1) is 12.7 Å². The third-order valence-electron chi connectivity index (χ3n) is 2.33. The van der Waals surface area contributed by atoms with Gasteiger partial charge < -0.3 is 10.4 Å². The molecule has 5 heteroatoms. The minimum Gasteiger partial charge on any atom is -0.393 e. The Bertz CT molecular complexity index is 421. The fraction of sp³-hybridized carbons (Fsp3) is 0.417. The van der Waals surface area contributed by atoms with Crippen LogP contribution in [0.3, 0.4) is 0 Å². The van der Waals surface area contributed by atoms with E-state index in [9.17, 15) is 9.18 Å². The Balaban J connectivity index is 2.68. The van der Waals surface area contributed by atoms with Crippen molar-refractivity contribution in [3.05, 3.63) is 28.0 Å². The van der Waals surface area contributed by atoms with E-state index in [0.29, 0.717) is 16.6 Å². The van der Waals surface area contributed by atoms with Gasteiger partial charge in [-0.2, -0.15) is 0 Å². The van der Waals surface area contributed by atoms with Crippen LogP contribution in [0.5, 0.6) is 0 Å². The molecule has 0 aliphatic rings. The van der Waals surface area contributed by atoms with E-state index >= 15 is 0 Å². The molecule has 3 nitrogen and oxygen atoms in total. The Morgan fingerprint density at radius 2 is 2.24 bits per heavy atom. The quantitative estimate of drug-likeness (QED) is 0.898. The second-order valence-electron chi connectivity index (χ2n) is 4.02. The lowest BCUT2D eigenvalue weighted by Crippen LogP contribution is -2.15. The number of carbonyl (C=O) groups excluding carboxylic acids is 1. The number of benzene rings is 1. The highest BCUT2D eigenvalue weighted by atomic mass is 79.9. The molecule has 1 atom stereocenters.